The molecule has 8 nitrogen and oxygen atoms in total. The third kappa shape index (κ3) is 5.47. The minimum absolute atomic E-state index is 0.0564. The molecule has 182 valence electrons. The summed E-state index contributed by atoms with van der Waals surface area (Å²) in [6, 6.07) is 6.80. The van der Waals surface area contributed by atoms with E-state index < -0.39 is 6.04 Å². The highest BCUT2D eigenvalue weighted by Crippen LogP contribution is 2.35. The fraction of sp³-hybridized carbons (Fsp3) is 0.520. The predicted molar refractivity (Wildman–Crippen MR) is 134 cm³/mol. The van der Waals surface area contributed by atoms with E-state index in [-0.39, 0.29) is 35.2 Å². The first kappa shape index (κ1) is 24.8. The Morgan fingerprint density at radius 2 is 1.76 bits per heavy atom. The van der Waals surface area contributed by atoms with Gasteiger partial charge in [0.1, 0.15) is 5.76 Å². The maximum Gasteiger partial charge on any atom is 0.251 e. The Balaban J connectivity index is 1.26. The van der Waals surface area contributed by atoms with Crippen molar-refractivity contribution in [2.75, 3.05) is 44.2 Å². The second-order valence-corrected chi connectivity index (χ2v) is 10.9. The van der Waals surface area contributed by atoms with E-state index in [9.17, 15) is 19.5 Å². The standard InChI is InChI=1S/C25H31BrN4O4/c1-25(2)14-21(31)19(22(32)15-25)16-27-7-8-28-9-11-29(12-10-28)20-13-23(33)30(24(20)34)18-5-3-17(26)4-6-18/h3-6,16,20,31H,7-15H2,1-2H3/t20-/m1/s1. The number of anilines is 1. The molecule has 0 saturated carbocycles. The Bertz CT molecular complexity index is 1030. The second kappa shape index (κ2) is 10.1. The molecular formula is C25H31BrN4O4. The molecule has 0 aromatic heterocycles. The molecule has 4 rings (SSSR count). The van der Waals surface area contributed by atoms with Crippen molar-refractivity contribution in [3.05, 3.63) is 40.1 Å². The topological polar surface area (TPSA) is 93.5 Å². The van der Waals surface area contributed by atoms with Crippen LogP contribution in [0, 0.1) is 5.41 Å². The summed E-state index contributed by atoms with van der Waals surface area (Å²) in [4.78, 5) is 47.9. The predicted octanol–water partition coefficient (Wildman–Crippen LogP) is 2.97. The molecule has 1 aromatic rings. The summed E-state index contributed by atoms with van der Waals surface area (Å²) in [5.74, 6) is -0.239. The summed E-state index contributed by atoms with van der Waals surface area (Å²) in [7, 11) is 0. The zero-order chi connectivity index (χ0) is 24.5. The maximum atomic E-state index is 13.0. The monoisotopic (exact) mass is 530 g/mol. The molecule has 2 heterocycles. The summed E-state index contributed by atoms with van der Waals surface area (Å²) in [6.07, 6.45) is 2.64. The SMILES string of the molecule is CC1(C)CC(=O)C(C=NCCN2CCN([C@@H]3CC(=O)N(c4ccc(Br)cc4)C3=O)CC2)=C(O)C1. The van der Waals surface area contributed by atoms with E-state index >= 15 is 0 Å². The number of aliphatic imine (C=N–C) groups is 1. The first-order valence-corrected chi connectivity index (χ1v) is 12.5. The van der Waals surface area contributed by atoms with E-state index in [1.807, 2.05) is 26.0 Å². The molecule has 2 saturated heterocycles. The molecule has 3 aliphatic rings. The molecule has 1 aromatic carbocycles. The molecule has 0 radical (unpaired) electrons. The number of aliphatic hydroxyl groups excluding tert-OH is 1. The highest BCUT2D eigenvalue weighted by Gasteiger charge is 2.43. The van der Waals surface area contributed by atoms with Gasteiger partial charge in [0.05, 0.1) is 30.3 Å². The number of rotatable bonds is 6. The van der Waals surface area contributed by atoms with Crippen molar-refractivity contribution in [3.8, 4) is 0 Å². The Hall–Kier alpha value is -2.36. The van der Waals surface area contributed by atoms with Crippen LogP contribution < -0.4 is 4.90 Å². The van der Waals surface area contributed by atoms with Gasteiger partial charge in [0.2, 0.25) is 5.91 Å². The third-order valence-corrected chi connectivity index (χ3v) is 7.25. The highest BCUT2D eigenvalue weighted by atomic mass is 79.9. The molecule has 1 N–H and O–H groups in total. The van der Waals surface area contributed by atoms with Crippen molar-refractivity contribution in [1.82, 2.24) is 9.80 Å². The van der Waals surface area contributed by atoms with Gasteiger partial charge in [0.25, 0.3) is 5.91 Å². The van der Waals surface area contributed by atoms with E-state index in [1.54, 1.807) is 12.1 Å². The molecule has 1 atom stereocenters. The molecule has 1 aliphatic carbocycles. The fourth-order valence-corrected chi connectivity index (χ4v) is 5.13. The van der Waals surface area contributed by atoms with Gasteiger partial charge in [-0.1, -0.05) is 29.8 Å². The molecule has 2 fully saturated rings. The Kier molecular flexibility index (Phi) is 7.35. The first-order chi connectivity index (χ1) is 16.1. The van der Waals surface area contributed by atoms with Crippen LogP contribution in [-0.2, 0) is 14.4 Å². The van der Waals surface area contributed by atoms with Crippen molar-refractivity contribution in [2.45, 2.75) is 39.2 Å². The van der Waals surface area contributed by atoms with Crippen LogP contribution in [0.2, 0.25) is 0 Å². The molecule has 9 heteroatoms. The number of piperazine rings is 1. The smallest absolute Gasteiger partial charge is 0.251 e. The van der Waals surface area contributed by atoms with Gasteiger partial charge in [-0.3, -0.25) is 29.2 Å². The maximum absolute atomic E-state index is 13.0. The number of nitrogens with zero attached hydrogens (tertiary/aromatic N) is 4. The van der Waals surface area contributed by atoms with Crippen LogP contribution in [0.3, 0.4) is 0 Å². The summed E-state index contributed by atoms with van der Waals surface area (Å²) in [6.45, 7) is 8.21. The number of carbonyl (C=O) groups excluding carboxylic acids is 3. The summed E-state index contributed by atoms with van der Waals surface area (Å²) in [5, 5.41) is 10.2. The Morgan fingerprint density at radius 1 is 1.09 bits per heavy atom. The molecule has 2 amide bonds. The van der Waals surface area contributed by atoms with Crippen molar-refractivity contribution in [3.63, 3.8) is 0 Å². The number of amides is 2. The van der Waals surface area contributed by atoms with Crippen molar-refractivity contribution in [1.29, 1.82) is 0 Å². The van der Waals surface area contributed by atoms with Crippen molar-refractivity contribution in [2.24, 2.45) is 10.4 Å². The largest absolute Gasteiger partial charge is 0.511 e. The van der Waals surface area contributed by atoms with Gasteiger partial charge in [-0.15, -0.1) is 0 Å². The van der Waals surface area contributed by atoms with Gasteiger partial charge < -0.3 is 5.11 Å². The van der Waals surface area contributed by atoms with E-state index in [0.717, 1.165) is 24.1 Å². The van der Waals surface area contributed by atoms with Crippen LogP contribution in [0.15, 0.2) is 45.1 Å². The normalized spacial score (nSPS) is 24.6. The average molecular weight is 531 g/mol. The zero-order valence-corrected chi connectivity index (χ0v) is 21.3. The van der Waals surface area contributed by atoms with Crippen LogP contribution in [0.25, 0.3) is 0 Å². The molecule has 0 spiro atoms. The van der Waals surface area contributed by atoms with Gasteiger partial charge in [-0.2, -0.15) is 0 Å². The lowest BCUT2D eigenvalue weighted by Gasteiger charge is -2.36. The van der Waals surface area contributed by atoms with Gasteiger partial charge in [-0.05, 0) is 29.7 Å². The van der Waals surface area contributed by atoms with E-state index in [4.69, 9.17) is 0 Å². The summed E-state index contributed by atoms with van der Waals surface area (Å²) >= 11 is 3.38. The van der Waals surface area contributed by atoms with E-state index in [0.29, 0.717) is 43.7 Å². The van der Waals surface area contributed by atoms with Gasteiger partial charge >= 0.3 is 0 Å². The Morgan fingerprint density at radius 3 is 2.41 bits per heavy atom. The molecule has 0 unspecified atom stereocenters. The lowest BCUT2D eigenvalue weighted by atomic mass is 9.77. The second-order valence-electron chi connectivity index (χ2n) is 9.98. The molecule has 34 heavy (non-hydrogen) atoms. The number of hydrogen-bond donors (Lipinski definition) is 1. The van der Waals surface area contributed by atoms with E-state index in [2.05, 4.69) is 30.7 Å². The Labute approximate surface area is 208 Å². The number of aliphatic hydroxyl groups is 1. The number of Topliss-reactive ketones (excluding diaryl/α,β-unsaturated/α-hetero) is 1. The highest BCUT2D eigenvalue weighted by molar-refractivity contribution is 9.10. The minimum Gasteiger partial charge on any atom is -0.511 e. The van der Waals surface area contributed by atoms with Crippen LogP contribution in [-0.4, -0.2) is 84.0 Å². The number of allylic oxidation sites excluding steroid dienone is 2. The van der Waals surface area contributed by atoms with Crippen molar-refractivity contribution >= 4 is 45.4 Å². The average Bonchev–Trinajstić information content (AvgIpc) is 3.07. The molecular weight excluding hydrogens is 500 g/mol. The summed E-state index contributed by atoms with van der Waals surface area (Å²) in [5.41, 5.74) is 0.737. The number of carbonyl (C=O) groups is 3. The van der Waals surface area contributed by atoms with Crippen molar-refractivity contribution < 1.29 is 19.5 Å². The first-order valence-electron chi connectivity index (χ1n) is 11.7. The number of benzene rings is 1. The van der Waals surface area contributed by atoms with E-state index in [1.165, 1.54) is 11.1 Å². The van der Waals surface area contributed by atoms with Gasteiger partial charge in [-0.25, -0.2) is 4.90 Å². The molecule has 2 aliphatic heterocycles. The number of hydrogen-bond acceptors (Lipinski definition) is 7. The number of ketones is 1. The van der Waals surface area contributed by atoms with Gasteiger partial charge in [0, 0.05) is 56.3 Å². The summed E-state index contributed by atoms with van der Waals surface area (Å²) < 4.78 is 0.898. The van der Waals surface area contributed by atoms with Crippen LogP contribution >= 0.6 is 15.9 Å². The lowest BCUT2D eigenvalue weighted by molar-refractivity contribution is -0.123. The number of imide groups is 1. The minimum atomic E-state index is -0.409. The van der Waals surface area contributed by atoms with Crippen LogP contribution in [0.1, 0.15) is 33.1 Å². The fourth-order valence-electron chi connectivity index (χ4n) is 4.86. The lowest BCUT2D eigenvalue weighted by Crippen LogP contribution is -2.52. The third-order valence-electron chi connectivity index (χ3n) is 6.72. The quantitative estimate of drug-likeness (QED) is 0.448. The van der Waals surface area contributed by atoms with Gasteiger partial charge in [0.15, 0.2) is 5.78 Å². The zero-order valence-electron chi connectivity index (χ0n) is 19.7. The molecule has 0 bridgehead atoms. The number of halogens is 1. The van der Waals surface area contributed by atoms with Crippen LogP contribution in [0.4, 0.5) is 5.69 Å². The van der Waals surface area contributed by atoms with Crippen LogP contribution in [0.5, 0.6) is 0 Å².